The molecular formula is C18H24N2. The number of aromatic nitrogens is 2. The molecule has 2 nitrogen and oxygen atoms in total. The van der Waals surface area contributed by atoms with Crippen molar-refractivity contribution in [3.05, 3.63) is 59.7 Å². The number of pyridine rings is 2. The minimum absolute atomic E-state index is 0.0686. The van der Waals surface area contributed by atoms with E-state index in [9.17, 15) is 0 Å². The lowest BCUT2D eigenvalue weighted by atomic mass is 9.80. The van der Waals surface area contributed by atoms with Gasteiger partial charge in [-0.3, -0.25) is 9.97 Å². The quantitative estimate of drug-likeness (QED) is 0.829. The maximum absolute atomic E-state index is 4.61. The van der Waals surface area contributed by atoms with Gasteiger partial charge in [-0.2, -0.15) is 0 Å². The Balaban J connectivity index is 2.18. The molecule has 0 aliphatic rings. The van der Waals surface area contributed by atoms with Crippen molar-refractivity contribution in [2.45, 2.75) is 51.9 Å². The topological polar surface area (TPSA) is 25.8 Å². The predicted octanol–water partition coefficient (Wildman–Crippen LogP) is 4.29. The lowest BCUT2D eigenvalue weighted by molar-refractivity contribution is 0.517. The van der Waals surface area contributed by atoms with E-state index in [1.807, 2.05) is 24.7 Å². The zero-order valence-electron chi connectivity index (χ0n) is 13.1. The van der Waals surface area contributed by atoms with Crippen molar-refractivity contribution in [2.24, 2.45) is 0 Å². The zero-order chi connectivity index (χ0) is 14.8. The lowest BCUT2D eigenvalue weighted by Crippen LogP contribution is -2.21. The Morgan fingerprint density at radius 3 is 2.20 bits per heavy atom. The molecule has 20 heavy (non-hydrogen) atoms. The molecule has 2 aromatic heterocycles. The van der Waals surface area contributed by atoms with Crippen molar-refractivity contribution in [3.63, 3.8) is 0 Å². The summed E-state index contributed by atoms with van der Waals surface area (Å²) < 4.78 is 0. The van der Waals surface area contributed by atoms with Crippen LogP contribution in [0.15, 0.2) is 42.9 Å². The molecule has 0 atom stereocenters. The molecule has 0 aromatic carbocycles. The molecule has 2 heterocycles. The molecule has 0 saturated carbocycles. The van der Waals surface area contributed by atoms with Gasteiger partial charge in [0.15, 0.2) is 0 Å². The molecule has 0 aliphatic carbocycles. The van der Waals surface area contributed by atoms with Crippen LogP contribution in [-0.2, 0) is 17.3 Å². The van der Waals surface area contributed by atoms with Gasteiger partial charge in [-0.05, 0) is 35.1 Å². The van der Waals surface area contributed by atoms with Crippen LogP contribution in [0.5, 0.6) is 0 Å². The van der Waals surface area contributed by atoms with Gasteiger partial charge in [-0.25, -0.2) is 0 Å². The van der Waals surface area contributed by atoms with Gasteiger partial charge >= 0.3 is 0 Å². The standard InChI is InChI=1S/C18H24N2/c1-17(2,3)16-9-8-14(12-20-16)11-18(4,5)15-7-6-10-19-13-15/h6-10,12-13H,11H2,1-5H3. The summed E-state index contributed by atoms with van der Waals surface area (Å²) in [6, 6.07) is 8.49. The van der Waals surface area contributed by atoms with Crippen molar-refractivity contribution in [1.29, 1.82) is 0 Å². The highest BCUT2D eigenvalue weighted by Crippen LogP contribution is 2.27. The highest BCUT2D eigenvalue weighted by atomic mass is 14.7. The van der Waals surface area contributed by atoms with E-state index in [1.165, 1.54) is 11.1 Å². The van der Waals surface area contributed by atoms with Gasteiger partial charge in [0.25, 0.3) is 0 Å². The molecule has 0 aliphatic heterocycles. The van der Waals surface area contributed by atoms with Crippen molar-refractivity contribution in [1.82, 2.24) is 9.97 Å². The minimum Gasteiger partial charge on any atom is -0.264 e. The normalized spacial score (nSPS) is 12.4. The Morgan fingerprint density at radius 1 is 0.950 bits per heavy atom. The number of hydrogen-bond donors (Lipinski definition) is 0. The average Bonchev–Trinajstić information content (AvgIpc) is 2.39. The van der Waals surface area contributed by atoms with E-state index in [0.29, 0.717) is 0 Å². The van der Waals surface area contributed by atoms with E-state index in [-0.39, 0.29) is 10.8 Å². The summed E-state index contributed by atoms with van der Waals surface area (Å²) in [6.45, 7) is 11.1. The zero-order valence-corrected chi connectivity index (χ0v) is 13.1. The van der Waals surface area contributed by atoms with Crippen LogP contribution in [0.25, 0.3) is 0 Å². The van der Waals surface area contributed by atoms with Crippen LogP contribution in [0, 0.1) is 0 Å². The maximum atomic E-state index is 4.61. The minimum atomic E-state index is 0.0686. The first-order chi connectivity index (χ1) is 9.29. The van der Waals surface area contributed by atoms with Crippen LogP contribution in [0.2, 0.25) is 0 Å². The molecule has 0 radical (unpaired) electrons. The van der Waals surface area contributed by atoms with Gasteiger partial charge in [-0.1, -0.05) is 46.8 Å². The Hall–Kier alpha value is -1.70. The smallest absolute Gasteiger partial charge is 0.0457 e. The first-order valence-corrected chi connectivity index (χ1v) is 7.15. The van der Waals surface area contributed by atoms with Crippen LogP contribution < -0.4 is 0 Å². The summed E-state index contributed by atoms with van der Waals surface area (Å²) in [5, 5.41) is 0. The van der Waals surface area contributed by atoms with Gasteiger partial charge in [-0.15, -0.1) is 0 Å². The number of rotatable bonds is 3. The number of nitrogens with zero attached hydrogens (tertiary/aromatic N) is 2. The monoisotopic (exact) mass is 268 g/mol. The van der Waals surface area contributed by atoms with Gasteiger partial charge in [0.1, 0.15) is 0 Å². The Morgan fingerprint density at radius 2 is 1.70 bits per heavy atom. The van der Waals surface area contributed by atoms with Crippen molar-refractivity contribution < 1.29 is 0 Å². The molecule has 0 saturated heterocycles. The van der Waals surface area contributed by atoms with Gasteiger partial charge in [0.05, 0.1) is 0 Å². The second-order valence-electron chi connectivity index (χ2n) is 7.10. The third-order valence-corrected chi connectivity index (χ3v) is 3.68. The summed E-state index contributed by atoms with van der Waals surface area (Å²) in [4.78, 5) is 8.84. The molecule has 0 amide bonds. The molecule has 0 fully saturated rings. The van der Waals surface area contributed by atoms with Gasteiger partial charge in [0, 0.05) is 29.7 Å². The van der Waals surface area contributed by atoms with Gasteiger partial charge in [0.2, 0.25) is 0 Å². The molecule has 106 valence electrons. The second kappa shape index (κ2) is 5.35. The summed E-state index contributed by atoms with van der Waals surface area (Å²) >= 11 is 0. The molecule has 2 rings (SSSR count). The Kier molecular flexibility index (Phi) is 3.94. The summed E-state index contributed by atoms with van der Waals surface area (Å²) in [6.07, 6.45) is 6.75. The predicted molar refractivity (Wildman–Crippen MR) is 83.9 cm³/mol. The first-order valence-electron chi connectivity index (χ1n) is 7.15. The van der Waals surface area contributed by atoms with Crippen LogP contribution in [-0.4, -0.2) is 9.97 Å². The van der Waals surface area contributed by atoms with Crippen LogP contribution >= 0.6 is 0 Å². The molecule has 0 unspecified atom stereocenters. The maximum Gasteiger partial charge on any atom is 0.0457 e. The van der Waals surface area contributed by atoms with Crippen LogP contribution in [0.3, 0.4) is 0 Å². The SMILES string of the molecule is CC(C)(C)c1ccc(CC(C)(C)c2cccnc2)cn1. The van der Waals surface area contributed by atoms with E-state index in [1.54, 1.807) is 0 Å². The highest BCUT2D eigenvalue weighted by Gasteiger charge is 2.22. The number of hydrogen-bond acceptors (Lipinski definition) is 2. The average molecular weight is 268 g/mol. The molecule has 2 heteroatoms. The molecule has 2 aromatic rings. The molecule has 0 bridgehead atoms. The van der Waals surface area contributed by atoms with Crippen molar-refractivity contribution in [2.75, 3.05) is 0 Å². The molecular weight excluding hydrogens is 244 g/mol. The third kappa shape index (κ3) is 3.44. The molecule has 0 spiro atoms. The summed E-state index contributed by atoms with van der Waals surface area (Å²) in [5.41, 5.74) is 3.85. The fourth-order valence-corrected chi connectivity index (χ4v) is 2.35. The molecule has 0 N–H and O–H groups in total. The van der Waals surface area contributed by atoms with Crippen LogP contribution in [0.4, 0.5) is 0 Å². The van der Waals surface area contributed by atoms with E-state index in [2.05, 4.69) is 62.8 Å². The van der Waals surface area contributed by atoms with E-state index in [0.717, 1.165) is 12.1 Å². The second-order valence-corrected chi connectivity index (χ2v) is 7.10. The van der Waals surface area contributed by atoms with Gasteiger partial charge < -0.3 is 0 Å². The van der Waals surface area contributed by atoms with E-state index in [4.69, 9.17) is 0 Å². The Bertz CT molecular complexity index is 548. The largest absolute Gasteiger partial charge is 0.264 e. The summed E-state index contributed by atoms with van der Waals surface area (Å²) in [5.74, 6) is 0. The van der Waals surface area contributed by atoms with E-state index < -0.39 is 0 Å². The fraction of sp³-hybridized carbons (Fsp3) is 0.444. The third-order valence-electron chi connectivity index (χ3n) is 3.68. The fourth-order valence-electron chi connectivity index (χ4n) is 2.35. The van der Waals surface area contributed by atoms with Crippen LogP contribution in [0.1, 0.15) is 51.4 Å². The lowest BCUT2D eigenvalue weighted by Gasteiger charge is -2.25. The van der Waals surface area contributed by atoms with E-state index >= 15 is 0 Å². The van der Waals surface area contributed by atoms with Crippen molar-refractivity contribution in [3.8, 4) is 0 Å². The van der Waals surface area contributed by atoms with Crippen molar-refractivity contribution >= 4 is 0 Å². The Labute approximate surface area is 122 Å². The first kappa shape index (κ1) is 14.7. The summed E-state index contributed by atoms with van der Waals surface area (Å²) in [7, 11) is 0. The highest BCUT2D eigenvalue weighted by molar-refractivity contribution is 5.26.